The van der Waals surface area contributed by atoms with Crippen molar-refractivity contribution in [3.8, 4) is 0 Å². The summed E-state index contributed by atoms with van der Waals surface area (Å²) >= 11 is 0. The van der Waals surface area contributed by atoms with Crippen LogP contribution < -0.4 is 10.6 Å². The number of rotatable bonds is 5. The molecule has 2 fully saturated rings. The van der Waals surface area contributed by atoms with Gasteiger partial charge < -0.3 is 20.3 Å². The Morgan fingerprint density at radius 3 is 2.75 bits per heavy atom. The molecule has 2 saturated heterocycles. The van der Waals surface area contributed by atoms with E-state index in [9.17, 15) is 9.59 Å². The van der Waals surface area contributed by atoms with E-state index in [0.29, 0.717) is 32.6 Å². The number of carbonyl (C=O) groups is 2. The second-order valence-corrected chi connectivity index (χ2v) is 6.09. The maximum Gasteiger partial charge on any atom is 0.226 e. The van der Waals surface area contributed by atoms with E-state index >= 15 is 0 Å². The van der Waals surface area contributed by atoms with Gasteiger partial charge in [-0.2, -0.15) is 0 Å². The fourth-order valence-electron chi connectivity index (χ4n) is 2.97. The lowest BCUT2D eigenvalue weighted by atomic mass is 10.1. The summed E-state index contributed by atoms with van der Waals surface area (Å²) in [6.07, 6.45) is 2.02. The second kappa shape index (κ2) is 9.01. The average molecular weight is 354 g/mol. The highest BCUT2D eigenvalue weighted by Gasteiger charge is 2.20. The van der Waals surface area contributed by atoms with E-state index in [-0.39, 0.29) is 30.3 Å². The molecule has 2 aliphatic rings. The monoisotopic (exact) mass is 353 g/mol. The van der Waals surface area contributed by atoms with Gasteiger partial charge in [-0.1, -0.05) is 12.1 Å². The van der Waals surface area contributed by atoms with E-state index in [4.69, 9.17) is 4.74 Å². The largest absolute Gasteiger partial charge is 0.378 e. The third-order valence-electron chi connectivity index (χ3n) is 4.21. The first-order valence-corrected chi connectivity index (χ1v) is 8.18. The predicted octanol–water partition coefficient (Wildman–Crippen LogP) is 1.55. The van der Waals surface area contributed by atoms with Gasteiger partial charge in [0.05, 0.1) is 13.2 Å². The van der Waals surface area contributed by atoms with Crippen molar-refractivity contribution in [3.05, 3.63) is 29.8 Å². The Labute approximate surface area is 148 Å². The smallest absolute Gasteiger partial charge is 0.226 e. The quantitative estimate of drug-likeness (QED) is 0.842. The van der Waals surface area contributed by atoms with Crippen molar-refractivity contribution in [2.75, 3.05) is 31.6 Å². The first kappa shape index (κ1) is 18.7. The first-order valence-electron chi connectivity index (χ1n) is 8.18. The Hall–Kier alpha value is -1.63. The van der Waals surface area contributed by atoms with Crippen molar-refractivity contribution in [2.45, 2.75) is 31.8 Å². The van der Waals surface area contributed by atoms with Gasteiger partial charge in [-0.25, -0.2) is 0 Å². The summed E-state index contributed by atoms with van der Waals surface area (Å²) in [5, 5.41) is 6.17. The molecular formula is C17H24ClN3O3. The number of anilines is 1. The molecule has 132 valence electrons. The zero-order chi connectivity index (χ0) is 16.1. The van der Waals surface area contributed by atoms with E-state index in [1.54, 1.807) is 0 Å². The van der Waals surface area contributed by atoms with Crippen LogP contribution in [0.5, 0.6) is 0 Å². The zero-order valence-corrected chi connectivity index (χ0v) is 14.4. The molecule has 0 radical (unpaired) electrons. The Morgan fingerprint density at radius 2 is 2.12 bits per heavy atom. The van der Waals surface area contributed by atoms with E-state index in [1.807, 2.05) is 29.2 Å². The fraction of sp³-hybridized carbons (Fsp3) is 0.529. The summed E-state index contributed by atoms with van der Waals surface area (Å²) in [5.74, 6) is 0.208. The maximum absolute atomic E-state index is 12.0. The molecule has 3 rings (SSSR count). The standard InChI is InChI=1S/C17H23N3O3.ClH/c21-16(10-15-12-23-9-7-18-15)19-14-5-3-13(4-6-14)11-20-8-1-2-17(20)22;/h3-6,15,18H,1-2,7-12H2,(H,19,21);1H. The molecule has 1 atom stereocenters. The van der Waals surface area contributed by atoms with E-state index in [0.717, 1.165) is 30.8 Å². The molecule has 2 N–H and O–H groups in total. The first-order chi connectivity index (χ1) is 11.2. The molecule has 24 heavy (non-hydrogen) atoms. The Kier molecular flexibility index (Phi) is 7.02. The number of halogens is 1. The molecule has 0 bridgehead atoms. The summed E-state index contributed by atoms with van der Waals surface area (Å²) in [4.78, 5) is 25.5. The summed E-state index contributed by atoms with van der Waals surface area (Å²) in [7, 11) is 0. The van der Waals surface area contributed by atoms with Crippen LogP contribution >= 0.6 is 12.4 Å². The Bertz CT molecular complexity index is 559. The molecule has 0 aliphatic carbocycles. The topological polar surface area (TPSA) is 70.7 Å². The number of likely N-dealkylation sites (tertiary alicyclic amines) is 1. The predicted molar refractivity (Wildman–Crippen MR) is 94.2 cm³/mol. The number of nitrogens with zero attached hydrogens (tertiary/aromatic N) is 1. The number of nitrogens with one attached hydrogen (secondary N) is 2. The van der Waals surface area contributed by atoms with Crippen molar-refractivity contribution in [2.24, 2.45) is 0 Å². The minimum atomic E-state index is -0.0181. The van der Waals surface area contributed by atoms with Crippen LogP contribution in [-0.4, -0.2) is 49.1 Å². The summed E-state index contributed by atoms with van der Waals surface area (Å²) in [6.45, 7) is 3.57. The van der Waals surface area contributed by atoms with Crippen LogP contribution in [0.15, 0.2) is 24.3 Å². The zero-order valence-electron chi connectivity index (χ0n) is 13.6. The van der Waals surface area contributed by atoms with Crippen LogP contribution in [0.1, 0.15) is 24.8 Å². The average Bonchev–Trinajstić information content (AvgIpc) is 2.95. The van der Waals surface area contributed by atoms with Crippen molar-refractivity contribution in [1.29, 1.82) is 0 Å². The molecule has 1 aromatic carbocycles. The van der Waals surface area contributed by atoms with Crippen LogP contribution in [0.3, 0.4) is 0 Å². The summed E-state index contributed by atoms with van der Waals surface area (Å²) in [5.41, 5.74) is 1.86. The lowest BCUT2D eigenvalue weighted by Crippen LogP contribution is -2.43. The summed E-state index contributed by atoms with van der Waals surface area (Å²) < 4.78 is 5.35. The molecule has 0 spiro atoms. The van der Waals surface area contributed by atoms with Crippen LogP contribution in [0.4, 0.5) is 5.69 Å². The minimum Gasteiger partial charge on any atom is -0.378 e. The van der Waals surface area contributed by atoms with Gasteiger partial charge >= 0.3 is 0 Å². The molecule has 1 unspecified atom stereocenters. The normalized spacial score (nSPS) is 20.6. The van der Waals surface area contributed by atoms with E-state index in [2.05, 4.69) is 10.6 Å². The molecular weight excluding hydrogens is 330 g/mol. The number of hydrogen-bond acceptors (Lipinski definition) is 4. The molecule has 6 nitrogen and oxygen atoms in total. The lowest BCUT2D eigenvalue weighted by molar-refractivity contribution is -0.128. The van der Waals surface area contributed by atoms with Crippen LogP contribution in [-0.2, 0) is 20.9 Å². The van der Waals surface area contributed by atoms with Gasteiger partial charge in [-0.05, 0) is 24.1 Å². The molecule has 0 saturated carbocycles. The minimum absolute atomic E-state index is 0. The third kappa shape index (κ3) is 5.19. The number of carbonyl (C=O) groups excluding carboxylic acids is 2. The Balaban J connectivity index is 0.00000208. The van der Waals surface area contributed by atoms with Gasteiger partial charge in [0.2, 0.25) is 11.8 Å². The highest BCUT2D eigenvalue weighted by Crippen LogP contribution is 2.16. The molecule has 2 aliphatic heterocycles. The SMILES string of the molecule is Cl.O=C(CC1COCCN1)Nc1ccc(CN2CCCC2=O)cc1. The van der Waals surface area contributed by atoms with Crippen molar-refractivity contribution >= 4 is 29.9 Å². The van der Waals surface area contributed by atoms with Crippen LogP contribution in [0.25, 0.3) is 0 Å². The van der Waals surface area contributed by atoms with E-state index < -0.39 is 0 Å². The van der Waals surface area contributed by atoms with Gasteiger partial charge in [-0.15, -0.1) is 12.4 Å². The highest BCUT2D eigenvalue weighted by molar-refractivity contribution is 5.91. The fourth-order valence-corrected chi connectivity index (χ4v) is 2.97. The lowest BCUT2D eigenvalue weighted by Gasteiger charge is -2.23. The Morgan fingerprint density at radius 1 is 1.33 bits per heavy atom. The summed E-state index contributed by atoms with van der Waals surface area (Å²) in [6, 6.07) is 7.79. The molecule has 2 amide bonds. The van der Waals surface area contributed by atoms with Crippen molar-refractivity contribution in [1.82, 2.24) is 10.2 Å². The van der Waals surface area contributed by atoms with Crippen molar-refractivity contribution < 1.29 is 14.3 Å². The number of ether oxygens (including phenoxy) is 1. The van der Waals surface area contributed by atoms with Crippen molar-refractivity contribution in [3.63, 3.8) is 0 Å². The van der Waals surface area contributed by atoms with Gasteiger partial charge in [0.25, 0.3) is 0 Å². The molecule has 1 aromatic rings. The number of amides is 2. The number of hydrogen-bond donors (Lipinski definition) is 2. The number of benzene rings is 1. The molecule has 2 heterocycles. The molecule has 0 aromatic heterocycles. The van der Waals surface area contributed by atoms with Gasteiger partial charge in [0.1, 0.15) is 0 Å². The van der Waals surface area contributed by atoms with Gasteiger partial charge in [0.15, 0.2) is 0 Å². The van der Waals surface area contributed by atoms with E-state index in [1.165, 1.54) is 0 Å². The second-order valence-electron chi connectivity index (χ2n) is 6.09. The molecule has 7 heteroatoms. The van der Waals surface area contributed by atoms with Gasteiger partial charge in [-0.3, -0.25) is 9.59 Å². The van der Waals surface area contributed by atoms with Crippen LogP contribution in [0, 0.1) is 0 Å². The third-order valence-corrected chi connectivity index (χ3v) is 4.21. The van der Waals surface area contributed by atoms with Gasteiger partial charge in [0, 0.05) is 44.2 Å². The maximum atomic E-state index is 12.0. The number of morpholine rings is 1. The highest BCUT2D eigenvalue weighted by atomic mass is 35.5. The van der Waals surface area contributed by atoms with Crippen LogP contribution in [0.2, 0.25) is 0 Å².